The van der Waals surface area contributed by atoms with E-state index in [0.717, 1.165) is 18.4 Å². The molecule has 0 saturated carbocycles. The molecule has 1 atom stereocenters. The number of nitrogens with zero attached hydrogens (tertiary/aromatic N) is 4. The lowest BCUT2D eigenvalue weighted by molar-refractivity contribution is -0.122. The summed E-state index contributed by atoms with van der Waals surface area (Å²) in [6.45, 7) is 0.520. The Kier molecular flexibility index (Phi) is 3.15. The maximum atomic E-state index is 13.3. The normalized spacial score (nSPS) is 21.9. The van der Waals surface area contributed by atoms with Crippen molar-refractivity contribution in [2.75, 3.05) is 11.4 Å². The molecule has 0 aliphatic carbocycles. The lowest BCUT2D eigenvalue weighted by Gasteiger charge is -2.42. The summed E-state index contributed by atoms with van der Waals surface area (Å²) in [7, 11) is 0. The highest BCUT2D eigenvalue weighted by molar-refractivity contribution is 6.28. The molecule has 1 amide bonds. The van der Waals surface area contributed by atoms with Gasteiger partial charge in [-0.2, -0.15) is 0 Å². The van der Waals surface area contributed by atoms with Crippen LogP contribution in [-0.2, 0) is 16.8 Å². The quantitative estimate of drug-likeness (QED) is 0.368. The number of carbonyl (C=O) groups excluding carboxylic acids is 2. The summed E-state index contributed by atoms with van der Waals surface area (Å²) < 4.78 is 0. The predicted octanol–water partition coefficient (Wildman–Crippen LogP) is 3.37. The average Bonchev–Trinajstić information content (AvgIpc) is 2.64. The minimum absolute atomic E-state index is 0.402. The zero-order chi connectivity index (χ0) is 16.7. The lowest BCUT2D eigenvalue weighted by Crippen LogP contribution is -2.56. The van der Waals surface area contributed by atoms with E-state index in [4.69, 9.17) is 5.53 Å². The maximum Gasteiger partial charge on any atom is 0.251 e. The van der Waals surface area contributed by atoms with E-state index in [2.05, 4.69) is 10.0 Å². The number of anilines is 1. The molecule has 2 aromatic carbocycles. The van der Waals surface area contributed by atoms with Gasteiger partial charge in [-0.05, 0) is 35.6 Å². The van der Waals surface area contributed by atoms with E-state index in [-0.39, 0.29) is 0 Å². The van der Waals surface area contributed by atoms with Gasteiger partial charge < -0.3 is 4.90 Å². The van der Waals surface area contributed by atoms with Gasteiger partial charge in [0.05, 0.1) is 5.69 Å². The number of Topliss-reactive ketones (excluding diaryl/α,β-unsaturated/α-hetero) is 1. The molecule has 0 radical (unpaired) electrons. The number of hydrogen-bond donors (Lipinski definition) is 0. The molecule has 0 aromatic heterocycles. The minimum Gasteiger partial charge on any atom is -0.310 e. The third-order valence-electron chi connectivity index (χ3n) is 4.73. The van der Waals surface area contributed by atoms with Crippen molar-refractivity contribution < 1.29 is 9.59 Å². The monoisotopic (exact) mass is 318 g/mol. The zero-order valence-electron chi connectivity index (χ0n) is 12.8. The van der Waals surface area contributed by atoms with E-state index < -0.39 is 17.2 Å². The summed E-state index contributed by atoms with van der Waals surface area (Å²) in [6.07, 6.45) is 1.65. The summed E-state index contributed by atoms with van der Waals surface area (Å²) >= 11 is 0. The van der Waals surface area contributed by atoms with Crippen molar-refractivity contribution in [3.05, 3.63) is 75.7 Å². The van der Waals surface area contributed by atoms with Crippen molar-refractivity contribution in [1.29, 1.82) is 0 Å². The van der Waals surface area contributed by atoms with Crippen LogP contribution in [0.4, 0.5) is 5.69 Å². The van der Waals surface area contributed by atoms with Crippen molar-refractivity contribution in [2.24, 2.45) is 5.11 Å². The van der Waals surface area contributed by atoms with Gasteiger partial charge in [0.25, 0.3) is 5.91 Å². The van der Waals surface area contributed by atoms with Crippen molar-refractivity contribution in [2.45, 2.75) is 18.4 Å². The summed E-state index contributed by atoms with van der Waals surface area (Å²) in [5, 5.41) is 3.74. The predicted molar refractivity (Wildman–Crippen MR) is 88.7 cm³/mol. The fraction of sp³-hybridized carbons (Fsp3) is 0.222. The maximum absolute atomic E-state index is 13.3. The molecule has 6 nitrogen and oxygen atoms in total. The number of benzene rings is 2. The van der Waals surface area contributed by atoms with E-state index >= 15 is 0 Å². The van der Waals surface area contributed by atoms with Crippen LogP contribution in [0.25, 0.3) is 10.4 Å². The van der Waals surface area contributed by atoms with Crippen LogP contribution in [0, 0.1) is 0 Å². The van der Waals surface area contributed by atoms with Crippen molar-refractivity contribution in [3.63, 3.8) is 0 Å². The smallest absolute Gasteiger partial charge is 0.251 e. The fourth-order valence-electron chi connectivity index (χ4n) is 3.67. The Hall–Kier alpha value is -3.11. The Labute approximate surface area is 138 Å². The lowest BCUT2D eigenvalue weighted by atomic mass is 9.76. The van der Waals surface area contributed by atoms with E-state index in [9.17, 15) is 9.59 Å². The summed E-state index contributed by atoms with van der Waals surface area (Å²) in [4.78, 5) is 31.0. The standard InChI is InChI=1S/C18H14N4O2/c19-21-20-18(13-8-2-1-3-9-13)16(23)14-10-4-6-12-7-5-11-22(15(12)14)17(18)24/h1-4,6,8-10H,5,7,11H2. The van der Waals surface area contributed by atoms with Crippen LogP contribution in [0.15, 0.2) is 53.6 Å². The van der Waals surface area contributed by atoms with Gasteiger partial charge in [0.2, 0.25) is 5.54 Å². The topological polar surface area (TPSA) is 86.1 Å². The molecule has 6 heteroatoms. The van der Waals surface area contributed by atoms with Gasteiger partial charge in [-0.1, -0.05) is 47.6 Å². The van der Waals surface area contributed by atoms with Crippen LogP contribution in [0.3, 0.4) is 0 Å². The molecule has 1 unspecified atom stereocenters. The molecule has 118 valence electrons. The third-order valence-corrected chi connectivity index (χ3v) is 4.73. The first-order valence-corrected chi connectivity index (χ1v) is 7.80. The van der Waals surface area contributed by atoms with Crippen LogP contribution < -0.4 is 4.90 Å². The van der Waals surface area contributed by atoms with Crippen LogP contribution in [0.2, 0.25) is 0 Å². The summed E-state index contributed by atoms with van der Waals surface area (Å²) in [5.74, 6) is -0.914. The molecule has 0 N–H and O–H groups in total. The Morgan fingerprint density at radius 2 is 1.88 bits per heavy atom. The first kappa shape index (κ1) is 14.5. The second kappa shape index (κ2) is 5.22. The molecule has 0 bridgehead atoms. The number of azide groups is 1. The van der Waals surface area contributed by atoms with Crippen LogP contribution in [0.5, 0.6) is 0 Å². The SMILES string of the molecule is [N-]=[N+]=NC1(c2ccccc2)C(=O)c2cccc3c2N(CCC3)C1=O. The molecular weight excluding hydrogens is 304 g/mol. The van der Waals surface area contributed by atoms with Crippen molar-refractivity contribution in [1.82, 2.24) is 0 Å². The van der Waals surface area contributed by atoms with Gasteiger partial charge in [0, 0.05) is 17.0 Å². The number of rotatable bonds is 2. The molecule has 2 aliphatic rings. The summed E-state index contributed by atoms with van der Waals surface area (Å²) in [6, 6.07) is 14.0. The Balaban J connectivity index is 2.05. The first-order chi connectivity index (χ1) is 11.7. The number of carbonyl (C=O) groups is 2. The molecule has 24 heavy (non-hydrogen) atoms. The largest absolute Gasteiger partial charge is 0.310 e. The molecular formula is C18H14N4O2. The molecule has 2 heterocycles. The second-order valence-electron chi connectivity index (χ2n) is 5.97. The van der Waals surface area contributed by atoms with Gasteiger partial charge in [-0.3, -0.25) is 9.59 Å². The highest BCUT2D eigenvalue weighted by Gasteiger charge is 2.54. The van der Waals surface area contributed by atoms with Crippen molar-refractivity contribution in [3.8, 4) is 0 Å². The van der Waals surface area contributed by atoms with E-state index in [1.165, 1.54) is 0 Å². The number of hydrogen-bond acceptors (Lipinski definition) is 3. The van der Waals surface area contributed by atoms with Gasteiger partial charge in [0.15, 0.2) is 5.78 Å². The zero-order valence-corrected chi connectivity index (χ0v) is 12.8. The van der Waals surface area contributed by atoms with Crippen molar-refractivity contribution >= 4 is 17.4 Å². The van der Waals surface area contributed by atoms with Gasteiger partial charge >= 0.3 is 0 Å². The Morgan fingerprint density at radius 3 is 2.62 bits per heavy atom. The van der Waals surface area contributed by atoms with E-state index in [1.807, 2.05) is 12.1 Å². The molecule has 2 aromatic rings. The highest BCUT2D eigenvalue weighted by atomic mass is 16.2. The van der Waals surface area contributed by atoms with E-state index in [0.29, 0.717) is 23.4 Å². The summed E-state index contributed by atoms with van der Waals surface area (Å²) in [5.41, 5.74) is 9.75. The molecule has 4 rings (SSSR count). The van der Waals surface area contributed by atoms with Crippen LogP contribution >= 0.6 is 0 Å². The average molecular weight is 318 g/mol. The van der Waals surface area contributed by atoms with Gasteiger partial charge in [-0.15, -0.1) is 0 Å². The van der Waals surface area contributed by atoms with Gasteiger partial charge in [-0.25, -0.2) is 0 Å². The van der Waals surface area contributed by atoms with Crippen LogP contribution in [0.1, 0.15) is 27.9 Å². The number of amides is 1. The first-order valence-electron chi connectivity index (χ1n) is 7.80. The minimum atomic E-state index is -1.86. The second-order valence-corrected chi connectivity index (χ2v) is 5.97. The van der Waals surface area contributed by atoms with E-state index in [1.54, 1.807) is 41.3 Å². The van der Waals surface area contributed by atoms with Crippen LogP contribution in [-0.4, -0.2) is 18.2 Å². The molecule has 0 spiro atoms. The number of ketones is 1. The van der Waals surface area contributed by atoms with Gasteiger partial charge in [0.1, 0.15) is 0 Å². The third kappa shape index (κ3) is 1.74. The molecule has 0 fully saturated rings. The number of aryl methyl sites for hydroxylation is 1. The fourth-order valence-corrected chi connectivity index (χ4v) is 3.67. The Morgan fingerprint density at radius 1 is 1.08 bits per heavy atom. The highest BCUT2D eigenvalue weighted by Crippen LogP contribution is 2.44. The molecule has 0 saturated heterocycles. The Bertz CT molecular complexity index is 902. The molecule has 2 aliphatic heterocycles. The number of para-hydroxylation sites is 1.